The molecule has 2 aromatic carbocycles. The quantitative estimate of drug-likeness (QED) is 0.712. The number of fused-ring (bicyclic) bond motifs is 1. The molecule has 1 aromatic heterocycles. The van der Waals surface area contributed by atoms with Crippen molar-refractivity contribution in [2.24, 2.45) is 5.73 Å². The molecule has 114 valence electrons. The first-order valence-electron chi connectivity index (χ1n) is 7.84. The van der Waals surface area contributed by atoms with E-state index < -0.39 is 0 Å². The van der Waals surface area contributed by atoms with Crippen LogP contribution in [-0.2, 0) is 6.54 Å². The third-order valence-electron chi connectivity index (χ3n) is 3.98. The third-order valence-corrected chi connectivity index (χ3v) is 3.98. The molecule has 2 heteroatoms. The zero-order valence-corrected chi connectivity index (χ0v) is 13.2. The lowest BCUT2D eigenvalue weighted by Gasteiger charge is -2.04. The van der Waals surface area contributed by atoms with Gasteiger partial charge < -0.3 is 5.73 Å². The molecule has 0 spiro atoms. The van der Waals surface area contributed by atoms with Gasteiger partial charge in [-0.3, -0.25) is 0 Å². The minimum absolute atomic E-state index is 0.602. The molecule has 0 saturated carbocycles. The van der Waals surface area contributed by atoms with E-state index in [9.17, 15) is 0 Å². The summed E-state index contributed by atoms with van der Waals surface area (Å²) in [6, 6.07) is 21.0. The minimum atomic E-state index is 0.602. The molecule has 2 nitrogen and oxygen atoms in total. The zero-order valence-electron chi connectivity index (χ0n) is 13.2. The Labute approximate surface area is 137 Å². The molecule has 0 unspecified atom stereocenters. The first kappa shape index (κ1) is 15.2. The lowest BCUT2D eigenvalue weighted by atomic mass is 10.0. The fourth-order valence-corrected chi connectivity index (χ4v) is 2.86. The topological polar surface area (TPSA) is 29.9 Å². The smallest absolute Gasteiger partial charge is 0.205 e. The lowest BCUT2D eigenvalue weighted by Crippen LogP contribution is -2.43. The molecule has 0 saturated heterocycles. The molecular formula is C21H21N2+. The second-order valence-corrected chi connectivity index (χ2v) is 5.42. The highest BCUT2D eigenvalue weighted by Gasteiger charge is 2.11. The number of nitrogens with two attached hydrogens (primary N) is 1. The predicted molar refractivity (Wildman–Crippen MR) is 98.7 cm³/mol. The summed E-state index contributed by atoms with van der Waals surface area (Å²) in [5.41, 5.74) is 9.17. The number of aromatic nitrogens is 1. The fourth-order valence-electron chi connectivity index (χ4n) is 2.86. The Morgan fingerprint density at radius 3 is 2.43 bits per heavy atom. The average Bonchev–Trinajstić information content (AvgIpc) is 2.61. The lowest BCUT2D eigenvalue weighted by molar-refractivity contribution is -0.697. The molecular weight excluding hydrogens is 280 g/mol. The molecule has 2 N–H and O–H groups in total. The molecule has 0 aliphatic carbocycles. The zero-order chi connectivity index (χ0) is 16.1. The molecule has 3 rings (SSSR count). The van der Waals surface area contributed by atoms with Crippen LogP contribution in [0.5, 0.6) is 0 Å². The van der Waals surface area contributed by atoms with Crippen molar-refractivity contribution < 1.29 is 4.57 Å². The fraction of sp³-hybridized carbons (Fsp3) is 0.0952. The summed E-state index contributed by atoms with van der Waals surface area (Å²) in [6.07, 6.45) is 6.17. The summed E-state index contributed by atoms with van der Waals surface area (Å²) in [5.74, 6) is 0. The van der Waals surface area contributed by atoms with E-state index in [1.54, 1.807) is 0 Å². The molecule has 0 aliphatic rings. The van der Waals surface area contributed by atoms with E-state index in [-0.39, 0.29) is 0 Å². The molecule has 3 aromatic rings. The van der Waals surface area contributed by atoms with Gasteiger partial charge in [-0.25, -0.2) is 0 Å². The number of rotatable bonds is 5. The van der Waals surface area contributed by atoms with E-state index >= 15 is 0 Å². The molecule has 23 heavy (non-hydrogen) atoms. The van der Waals surface area contributed by atoms with Crippen molar-refractivity contribution in [3.05, 3.63) is 84.2 Å². The number of pyridine rings is 1. The van der Waals surface area contributed by atoms with Gasteiger partial charge in [0, 0.05) is 24.3 Å². The predicted octanol–water partition coefficient (Wildman–Crippen LogP) is 3.90. The number of benzene rings is 2. The van der Waals surface area contributed by atoms with Crippen molar-refractivity contribution in [1.29, 1.82) is 0 Å². The maximum absolute atomic E-state index is 5.76. The third kappa shape index (κ3) is 3.22. The van der Waals surface area contributed by atoms with Crippen molar-refractivity contribution in [1.82, 2.24) is 0 Å². The van der Waals surface area contributed by atoms with Crippen LogP contribution in [0.4, 0.5) is 0 Å². The van der Waals surface area contributed by atoms with Gasteiger partial charge in [0.1, 0.15) is 0 Å². The number of nitrogens with zero attached hydrogens (tertiary/aromatic N) is 1. The number of hydrogen-bond acceptors (Lipinski definition) is 1. The van der Waals surface area contributed by atoms with E-state index in [0.717, 1.165) is 17.9 Å². The summed E-state index contributed by atoms with van der Waals surface area (Å²) in [5, 5.41) is 2.51. The molecule has 0 radical (unpaired) electrons. The summed E-state index contributed by atoms with van der Waals surface area (Å²) in [4.78, 5) is 0. The second kappa shape index (κ2) is 7.03. The van der Waals surface area contributed by atoms with Crippen LogP contribution in [0.3, 0.4) is 0 Å². The first-order valence-corrected chi connectivity index (χ1v) is 7.84. The van der Waals surface area contributed by atoms with Crippen LogP contribution in [-0.4, -0.2) is 6.54 Å². The van der Waals surface area contributed by atoms with Gasteiger partial charge in [0.2, 0.25) is 11.4 Å². The summed E-state index contributed by atoms with van der Waals surface area (Å²) >= 11 is 0. The van der Waals surface area contributed by atoms with Gasteiger partial charge in [-0.1, -0.05) is 49.0 Å². The Morgan fingerprint density at radius 2 is 1.61 bits per heavy atom. The highest BCUT2D eigenvalue weighted by atomic mass is 15.0. The molecule has 0 fully saturated rings. The van der Waals surface area contributed by atoms with E-state index in [4.69, 9.17) is 5.73 Å². The van der Waals surface area contributed by atoms with Crippen molar-refractivity contribution >= 4 is 29.0 Å². The van der Waals surface area contributed by atoms with Crippen LogP contribution in [0.25, 0.3) is 29.0 Å². The van der Waals surface area contributed by atoms with E-state index in [1.165, 1.54) is 16.3 Å². The van der Waals surface area contributed by atoms with Crippen molar-refractivity contribution in [2.45, 2.75) is 6.54 Å². The Hall–Kier alpha value is -2.71. The Balaban J connectivity index is 2.04. The molecule has 0 atom stereocenters. The maximum Gasteiger partial charge on any atom is 0.205 e. The van der Waals surface area contributed by atoms with Gasteiger partial charge in [-0.05, 0) is 28.5 Å². The largest absolute Gasteiger partial charge is 0.325 e. The first-order chi connectivity index (χ1) is 11.3. The van der Waals surface area contributed by atoms with Gasteiger partial charge >= 0.3 is 0 Å². The van der Waals surface area contributed by atoms with Gasteiger partial charge in [0.05, 0.1) is 6.54 Å². The van der Waals surface area contributed by atoms with Gasteiger partial charge in [0.15, 0.2) is 6.54 Å². The van der Waals surface area contributed by atoms with Crippen molar-refractivity contribution in [3.8, 4) is 0 Å². The molecule has 1 heterocycles. The highest BCUT2D eigenvalue weighted by molar-refractivity contribution is 5.92. The monoisotopic (exact) mass is 301 g/mol. The SMILES string of the molecule is C=Cc1cccc(/C=C/c2cccc3ccccc23)[n+]1CCN. The molecule has 0 amide bonds. The Morgan fingerprint density at radius 1 is 0.870 bits per heavy atom. The normalized spacial score (nSPS) is 11.2. The van der Waals surface area contributed by atoms with Crippen molar-refractivity contribution in [2.75, 3.05) is 6.54 Å². The Bertz CT molecular complexity index is 857. The number of hydrogen-bond donors (Lipinski definition) is 1. The molecule has 0 bridgehead atoms. The molecule has 0 aliphatic heterocycles. The second-order valence-electron chi connectivity index (χ2n) is 5.42. The van der Waals surface area contributed by atoms with Crippen LogP contribution < -0.4 is 10.3 Å². The van der Waals surface area contributed by atoms with Gasteiger partial charge in [0.25, 0.3) is 0 Å². The summed E-state index contributed by atoms with van der Waals surface area (Å²) in [7, 11) is 0. The average molecular weight is 301 g/mol. The summed E-state index contributed by atoms with van der Waals surface area (Å²) in [6.45, 7) is 5.27. The van der Waals surface area contributed by atoms with Crippen LogP contribution >= 0.6 is 0 Å². The Kier molecular flexibility index (Phi) is 4.65. The minimum Gasteiger partial charge on any atom is -0.325 e. The van der Waals surface area contributed by atoms with Crippen LogP contribution in [0, 0.1) is 0 Å². The van der Waals surface area contributed by atoms with Gasteiger partial charge in [-0.15, -0.1) is 0 Å². The standard InChI is InChI=1S/C21H21N2/c1-2-19-10-6-11-20(23(19)16-15-22)14-13-18-9-5-8-17-7-3-4-12-21(17)18/h2-14H,1,15-16,22H2/q+1/b14-13+. The van der Waals surface area contributed by atoms with Crippen molar-refractivity contribution in [3.63, 3.8) is 0 Å². The highest BCUT2D eigenvalue weighted by Crippen LogP contribution is 2.20. The van der Waals surface area contributed by atoms with Crippen LogP contribution in [0.15, 0.2) is 67.2 Å². The van der Waals surface area contributed by atoms with Crippen LogP contribution in [0.2, 0.25) is 0 Å². The summed E-state index contributed by atoms with van der Waals surface area (Å²) < 4.78 is 2.19. The van der Waals surface area contributed by atoms with Crippen LogP contribution in [0.1, 0.15) is 17.0 Å². The van der Waals surface area contributed by atoms with E-state index in [0.29, 0.717) is 6.54 Å². The van der Waals surface area contributed by atoms with E-state index in [2.05, 4.69) is 77.9 Å². The van der Waals surface area contributed by atoms with Gasteiger partial charge in [-0.2, -0.15) is 4.57 Å². The van der Waals surface area contributed by atoms with E-state index in [1.807, 2.05) is 12.1 Å². The maximum atomic E-state index is 5.76.